The van der Waals surface area contributed by atoms with E-state index in [1.807, 2.05) is 0 Å². The molecule has 1 amide bonds. The summed E-state index contributed by atoms with van der Waals surface area (Å²) >= 11 is 7.15. The normalized spacial score (nSPS) is 12.2. The molecule has 0 bridgehead atoms. The number of nitrogens with one attached hydrogen (secondary N) is 1. The van der Waals surface area contributed by atoms with E-state index in [4.69, 9.17) is 11.6 Å². The zero-order chi connectivity index (χ0) is 13.8. The summed E-state index contributed by atoms with van der Waals surface area (Å²) in [6.45, 7) is 1.79. The molecule has 0 spiro atoms. The topological polar surface area (TPSA) is 72.7 Å². The number of amides is 1. The molecule has 1 aromatic heterocycles. The Kier molecular flexibility index (Phi) is 4.39. The number of carbonyl (C=O) groups excluding carboxylic acids is 1. The SMILES string of the molecule is C[C@@H](Sc1nnnn1C)C(=O)Nc1cccc(Cl)c1. The quantitative estimate of drug-likeness (QED) is 0.874. The van der Waals surface area contributed by atoms with Crippen LogP contribution in [-0.2, 0) is 11.8 Å². The van der Waals surface area contributed by atoms with Crippen LogP contribution in [0.25, 0.3) is 0 Å². The number of carbonyl (C=O) groups is 1. The second-order valence-corrected chi connectivity index (χ2v) is 5.59. The Balaban J connectivity index is 1.98. The molecule has 0 fully saturated rings. The van der Waals surface area contributed by atoms with E-state index >= 15 is 0 Å². The van der Waals surface area contributed by atoms with Crippen LogP contribution < -0.4 is 5.32 Å². The van der Waals surface area contributed by atoms with Gasteiger partial charge < -0.3 is 5.32 Å². The molecular formula is C11H12ClN5OS. The molecule has 2 rings (SSSR count). The van der Waals surface area contributed by atoms with Crippen LogP contribution in [0.1, 0.15) is 6.92 Å². The van der Waals surface area contributed by atoms with Crippen LogP contribution in [0.2, 0.25) is 5.02 Å². The maximum atomic E-state index is 12.0. The summed E-state index contributed by atoms with van der Waals surface area (Å²) < 4.78 is 1.52. The number of halogens is 1. The lowest BCUT2D eigenvalue weighted by atomic mass is 10.3. The number of hydrogen-bond donors (Lipinski definition) is 1. The number of hydrogen-bond acceptors (Lipinski definition) is 5. The van der Waals surface area contributed by atoms with Crippen LogP contribution >= 0.6 is 23.4 Å². The minimum atomic E-state index is -0.316. The van der Waals surface area contributed by atoms with E-state index in [0.29, 0.717) is 15.9 Å². The minimum absolute atomic E-state index is 0.129. The summed E-state index contributed by atoms with van der Waals surface area (Å²) in [5.74, 6) is -0.129. The van der Waals surface area contributed by atoms with Gasteiger partial charge in [0.15, 0.2) is 0 Å². The molecule has 1 aromatic carbocycles. The summed E-state index contributed by atoms with van der Waals surface area (Å²) in [5.41, 5.74) is 0.668. The van der Waals surface area contributed by atoms with E-state index in [-0.39, 0.29) is 11.2 Å². The summed E-state index contributed by atoms with van der Waals surface area (Å²) in [6, 6.07) is 7.01. The van der Waals surface area contributed by atoms with Crippen molar-refractivity contribution >= 4 is 35.0 Å². The fraction of sp³-hybridized carbons (Fsp3) is 0.273. The van der Waals surface area contributed by atoms with E-state index < -0.39 is 0 Å². The zero-order valence-corrected chi connectivity index (χ0v) is 11.9. The molecule has 0 saturated carbocycles. The number of anilines is 1. The standard InChI is InChI=1S/C11H12ClN5OS/c1-7(19-11-14-15-16-17(11)2)10(18)13-9-5-3-4-8(12)6-9/h3-7H,1-2H3,(H,13,18)/t7-/m1/s1. The highest BCUT2D eigenvalue weighted by Gasteiger charge is 2.17. The monoisotopic (exact) mass is 297 g/mol. The molecule has 0 unspecified atom stereocenters. The van der Waals surface area contributed by atoms with Crippen LogP contribution in [0, 0.1) is 0 Å². The molecule has 1 N–H and O–H groups in total. The van der Waals surface area contributed by atoms with Crippen LogP contribution in [0.15, 0.2) is 29.4 Å². The lowest BCUT2D eigenvalue weighted by molar-refractivity contribution is -0.115. The molecule has 0 aliphatic rings. The number of tetrazole rings is 1. The molecule has 0 saturated heterocycles. The Bertz CT molecular complexity index is 588. The maximum absolute atomic E-state index is 12.0. The number of rotatable bonds is 4. The molecule has 6 nitrogen and oxygen atoms in total. The van der Waals surface area contributed by atoms with Crippen LogP contribution in [0.5, 0.6) is 0 Å². The molecule has 1 heterocycles. The van der Waals surface area contributed by atoms with Gasteiger partial charge in [-0.15, -0.1) is 5.10 Å². The van der Waals surface area contributed by atoms with Crippen molar-refractivity contribution in [2.45, 2.75) is 17.3 Å². The van der Waals surface area contributed by atoms with Gasteiger partial charge in [-0.25, -0.2) is 4.68 Å². The second kappa shape index (κ2) is 6.03. The third-order valence-corrected chi connectivity index (χ3v) is 3.68. The predicted octanol–water partition coefficient (Wildman–Crippen LogP) is 1.98. The smallest absolute Gasteiger partial charge is 0.237 e. The number of thioether (sulfide) groups is 1. The first-order chi connectivity index (χ1) is 9.06. The van der Waals surface area contributed by atoms with Crippen LogP contribution in [-0.4, -0.2) is 31.4 Å². The Morgan fingerprint density at radius 2 is 2.32 bits per heavy atom. The number of nitrogens with zero attached hydrogens (tertiary/aromatic N) is 4. The van der Waals surface area contributed by atoms with Gasteiger partial charge >= 0.3 is 0 Å². The van der Waals surface area contributed by atoms with Gasteiger partial charge in [0.25, 0.3) is 0 Å². The Labute approximate surface area is 119 Å². The van der Waals surface area contributed by atoms with Crippen molar-refractivity contribution in [1.82, 2.24) is 20.2 Å². The maximum Gasteiger partial charge on any atom is 0.237 e. The third-order valence-electron chi connectivity index (χ3n) is 2.32. The van der Waals surface area contributed by atoms with Crippen LogP contribution in [0.4, 0.5) is 5.69 Å². The Morgan fingerprint density at radius 1 is 1.53 bits per heavy atom. The lowest BCUT2D eigenvalue weighted by Crippen LogP contribution is -2.22. The first-order valence-electron chi connectivity index (χ1n) is 5.51. The summed E-state index contributed by atoms with van der Waals surface area (Å²) in [7, 11) is 1.73. The molecule has 8 heteroatoms. The molecular weight excluding hydrogens is 286 g/mol. The first-order valence-corrected chi connectivity index (χ1v) is 6.77. The highest BCUT2D eigenvalue weighted by Crippen LogP contribution is 2.21. The van der Waals surface area contributed by atoms with Crippen LogP contribution in [0.3, 0.4) is 0 Å². The fourth-order valence-electron chi connectivity index (χ4n) is 1.34. The highest BCUT2D eigenvalue weighted by atomic mass is 35.5. The van der Waals surface area contributed by atoms with Gasteiger partial charge in [-0.3, -0.25) is 4.79 Å². The van der Waals surface area contributed by atoms with Gasteiger partial charge in [0.05, 0.1) is 5.25 Å². The van der Waals surface area contributed by atoms with E-state index in [1.54, 1.807) is 38.2 Å². The number of aryl methyl sites for hydroxylation is 1. The highest BCUT2D eigenvalue weighted by molar-refractivity contribution is 8.00. The number of benzene rings is 1. The average molecular weight is 298 g/mol. The van der Waals surface area contributed by atoms with Gasteiger partial charge in [-0.05, 0) is 35.5 Å². The average Bonchev–Trinajstić information content (AvgIpc) is 2.75. The van der Waals surface area contributed by atoms with Crippen molar-refractivity contribution < 1.29 is 4.79 Å². The third kappa shape index (κ3) is 3.68. The summed E-state index contributed by atoms with van der Waals surface area (Å²) in [5, 5.41) is 14.7. The van der Waals surface area contributed by atoms with E-state index in [0.717, 1.165) is 0 Å². The van der Waals surface area contributed by atoms with Gasteiger partial charge in [0.1, 0.15) is 0 Å². The second-order valence-electron chi connectivity index (χ2n) is 3.84. The van der Waals surface area contributed by atoms with Crippen molar-refractivity contribution in [3.05, 3.63) is 29.3 Å². The van der Waals surface area contributed by atoms with E-state index in [2.05, 4.69) is 20.8 Å². The summed E-state index contributed by atoms with van der Waals surface area (Å²) in [6.07, 6.45) is 0. The van der Waals surface area contributed by atoms with Crippen molar-refractivity contribution in [3.63, 3.8) is 0 Å². The van der Waals surface area contributed by atoms with E-state index in [9.17, 15) is 4.79 Å². The van der Waals surface area contributed by atoms with Gasteiger partial charge in [0, 0.05) is 17.8 Å². The molecule has 2 aromatic rings. The zero-order valence-electron chi connectivity index (χ0n) is 10.4. The molecule has 0 radical (unpaired) electrons. The Hall–Kier alpha value is -1.60. The Morgan fingerprint density at radius 3 is 2.95 bits per heavy atom. The summed E-state index contributed by atoms with van der Waals surface area (Å²) in [4.78, 5) is 12.0. The van der Waals surface area contributed by atoms with E-state index in [1.165, 1.54) is 16.4 Å². The molecule has 1 atom stereocenters. The minimum Gasteiger partial charge on any atom is -0.325 e. The van der Waals surface area contributed by atoms with Gasteiger partial charge in [0.2, 0.25) is 11.1 Å². The molecule has 19 heavy (non-hydrogen) atoms. The lowest BCUT2D eigenvalue weighted by Gasteiger charge is -2.10. The number of aromatic nitrogens is 4. The molecule has 100 valence electrons. The van der Waals surface area contributed by atoms with Crippen molar-refractivity contribution in [2.24, 2.45) is 7.05 Å². The van der Waals surface area contributed by atoms with Crippen molar-refractivity contribution in [3.8, 4) is 0 Å². The van der Waals surface area contributed by atoms with Crippen molar-refractivity contribution in [1.29, 1.82) is 0 Å². The van der Waals surface area contributed by atoms with Crippen molar-refractivity contribution in [2.75, 3.05) is 5.32 Å². The predicted molar refractivity (Wildman–Crippen MR) is 74.2 cm³/mol. The molecule has 0 aliphatic carbocycles. The largest absolute Gasteiger partial charge is 0.325 e. The van der Waals surface area contributed by atoms with Gasteiger partial charge in [-0.1, -0.05) is 29.4 Å². The first kappa shape index (κ1) is 13.8. The van der Waals surface area contributed by atoms with Gasteiger partial charge in [-0.2, -0.15) is 0 Å². The molecule has 0 aliphatic heterocycles. The fourth-order valence-corrected chi connectivity index (χ4v) is 2.29.